The van der Waals surface area contributed by atoms with E-state index >= 15 is 0 Å². The minimum atomic E-state index is -1.02. The summed E-state index contributed by atoms with van der Waals surface area (Å²) in [6, 6.07) is 3.41. The van der Waals surface area contributed by atoms with Gasteiger partial charge in [0, 0.05) is 26.3 Å². The molecule has 2 rings (SSSR count). The van der Waals surface area contributed by atoms with Crippen LogP contribution < -0.4 is 4.90 Å². The average molecular weight is 277 g/mol. The summed E-state index contributed by atoms with van der Waals surface area (Å²) in [5.74, 6) is -0.667. The van der Waals surface area contributed by atoms with Crippen molar-refractivity contribution >= 4 is 17.7 Å². The lowest BCUT2D eigenvalue weighted by atomic mass is 10.1. The van der Waals surface area contributed by atoms with Crippen LogP contribution in [0, 0.1) is 0 Å². The average Bonchev–Trinajstić information content (AvgIpc) is 2.46. The van der Waals surface area contributed by atoms with Crippen LogP contribution in [0.4, 0.5) is 5.82 Å². The molecule has 1 aromatic heterocycles. The molecule has 1 aromatic rings. The first kappa shape index (κ1) is 14.3. The predicted octanol–water partition coefficient (Wildman–Crippen LogP) is 1.23. The van der Waals surface area contributed by atoms with Gasteiger partial charge in [0.15, 0.2) is 0 Å². The molecule has 0 bridgehead atoms. The van der Waals surface area contributed by atoms with Gasteiger partial charge in [0.1, 0.15) is 12.4 Å². The highest BCUT2D eigenvalue weighted by atomic mass is 16.4. The Morgan fingerprint density at radius 3 is 2.70 bits per heavy atom. The SMILES string of the molecule is CN(CC(=O)O)C(=O)c1cccnc1N1CCCCC1. The summed E-state index contributed by atoms with van der Waals surface area (Å²) in [6.07, 6.45) is 5.05. The number of aliphatic carboxylic acids is 1. The van der Waals surface area contributed by atoms with Crippen molar-refractivity contribution in [1.82, 2.24) is 9.88 Å². The van der Waals surface area contributed by atoms with Crippen molar-refractivity contribution in [1.29, 1.82) is 0 Å². The van der Waals surface area contributed by atoms with Crippen molar-refractivity contribution in [3.05, 3.63) is 23.9 Å². The number of aromatic nitrogens is 1. The maximum absolute atomic E-state index is 12.3. The number of pyridine rings is 1. The smallest absolute Gasteiger partial charge is 0.323 e. The summed E-state index contributed by atoms with van der Waals surface area (Å²) >= 11 is 0. The number of amides is 1. The molecule has 1 aliphatic heterocycles. The van der Waals surface area contributed by atoms with Crippen LogP contribution in [0.5, 0.6) is 0 Å². The molecule has 2 heterocycles. The molecule has 0 aliphatic carbocycles. The van der Waals surface area contributed by atoms with Gasteiger partial charge in [0.05, 0.1) is 5.56 Å². The molecule has 0 aromatic carbocycles. The second-order valence-electron chi connectivity index (χ2n) is 4.98. The van der Waals surface area contributed by atoms with E-state index < -0.39 is 5.97 Å². The van der Waals surface area contributed by atoms with Gasteiger partial charge >= 0.3 is 5.97 Å². The number of likely N-dealkylation sites (N-methyl/N-ethyl adjacent to an activating group) is 1. The summed E-state index contributed by atoms with van der Waals surface area (Å²) < 4.78 is 0. The highest BCUT2D eigenvalue weighted by Crippen LogP contribution is 2.22. The fourth-order valence-electron chi connectivity index (χ4n) is 2.40. The molecule has 1 saturated heterocycles. The summed E-state index contributed by atoms with van der Waals surface area (Å²) in [5.41, 5.74) is 0.471. The van der Waals surface area contributed by atoms with Crippen LogP contribution in [0.2, 0.25) is 0 Å². The summed E-state index contributed by atoms with van der Waals surface area (Å²) in [7, 11) is 1.49. The van der Waals surface area contributed by atoms with E-state index in [1.807, 2.05) is 0 Å². The number of carboxylic acids is 1. The van der Waals surface area contributed by atoms with Crippen molar-refractivity contribution in [3.63, 3.8) is 0 Å². The lowest BCUT2D eigenvalue weighted by molar-refractivity contribution is -0.137. The van der Waals surface area contributed by atoms with Gasteiger partial charge < -0.3 is 14.9 Å². The molecule has 1 fully saturated rings. The van der Waals surface area contributed by atoms with E-state index in [9.17, 15) is 9.59 Å². The fraction of sp³-hybridized carbons (Fsp3) is 0.500. The molecular formula is C14H19N3O3. The van der Waals surface area contributed by atoms with E-state index in [1.165, 1.54) is 18.4 Å². The maximum atomic E-state index is 12.3. The van der Waals surface area contributed by atoms with Gasteiger partial charge in [-0.15, -0.1) is 0 Å². The quantitative estimate of drug-likeness (QED) is 0.896. The standard InChI is InChI=1S/C14H19N3O3/c1-16(10-12(18)19)14(20)11-6-5-7-15-13(11)17-8-3-2-4-9-17/h5-7H,2-4,8-10H2,1H3,(H,18,19). The molecule has 6 heteroatoms. The maximum Gasteiger partial charge on any atom is 0.323 e. The Labute approximate surface area is 118 Å². The van der Waals surface area contributed by atoms with Crippen molar-refractivity contribution in [2.24, 2.45) is 0 Å². The number of rotatable bonds is 4. The largest absolute Gasteiger partial charge is 0.480 e. The predicted molar refractivity (Wildman–Crippen MR) is 74.9 cm³/mol. The van der Waals surface area contributed by atoms with Gasteiger partial charge in [-0.3, -0.25) is 9.59 Å². The molecule has 1 aliphatic rings. The van der Waals surface area contributed by atoms with Crippen LogP contribution in [-0.2, 0) is 4.79 Å². The number of carboxylic acid groups (broad SMARTS) is 1. The van der Waals surface area contributed by atoms with Crippen LogP contribution >= 0.6 is 0 Å². The summed E-state index contributed by atoms with van der Waals surface area (Å²) in [6.45, 7) is 1.47. The fourth-order valence-corrected chi connectivity index (χ4v) is 2.40. The topological polar surface area (TPSA) is 73.7 Å². The van der Waals surface area contributed by atoms with Crippen molar-refractivity contribution in [2.45, 2.75) is 19.3 Å². The number of nitrogens with zero attached hydrogens (tertiary/aromatic N) is 3. The van der Waals surface area contributed by atoms with Crippen LogP contribution in [0.15, 0.2) is 18.3 Å². The van der Waals surface area contributed by atoms with Crippen LogP contribution in [0.3, 0.4) is 0 Å². The molecule has 0 saturated carbocycles. The number of carbonyl (C=O) groups excluding carboxylic acids is 1. The normalized spacial score (nSPS) is 14.9. The first-order valence-corrected chi connectivity index (χ1v) is 6.77. The molecule has 108 valence electrons. The second-order valence-corrected chi connectivity index (χ2v) is 4.98. The van der Waals surface area contributed by atoms with Crippen LogP contribution in [0.25, 0.3) is 0 Å². The monoisotopic (exact) mass is 277 g/mol. The second kappa shape index (κ2) is 6.36. The Morgan fingerprint density at radius 2 is 2.05 bits per heavy atom. The summed E-state index contributed by atoms with van der Waals surface area (Å²) in [4.78, 5) is 30.7. The number of piperidine rings is 1. The lowest BCUT2D eigenvalue weighted by Gasteiger charge is -2.29. The van der Waals surface area contributed by atoms with Crippen LogP contribution in [-0.4, -0.2) is 53.5 Å². The minimum Gasteiger partial charge on any atom is -0.480 e. The molecule has 0 spiro atoms. The Hall–Kier alpha value is -2.11. The molecule has 0 atom stereocenters. The third-order valence-electron chi connectivity index (χ3n) is 3.39. The van der Waals surface area contributed by atoms with E-state index in [4.69, 9.17) is 5.11 Å². The van der Waals surface area contributed by atoms with E-state index in [0.29, 0.717) is 11.4 Å². The Morgan fingerprint density at radius 1 is 1.35 bits per heavy atom. The number of anilines is 1. The van der Waals surface area contributed by atoms with E-state index in [2.05, 4.69) is 9.88 Å². The molecular weight excluding hydrogens is 258 g/mol. The van der Waals surface area contributed by atoms with E-state index in [1.54, 1.807) is 18.3 Å². The zero-order valence-electron chi connectivity index (χ0n) is 11.6. The highest BCUT2D eigenvalue weighted by molar-refractivity contribution is 5.99. The van der Waals surface area contributed by atoms with Crippen molar-refractivity contribution in [2.75, 3.05) is 31.6 Å². The van der Waals surface area contributed by atoms with Gasteiger partial charge in [-0.1, -0.05) is 0 Å². The van der Waals surface area contributed by atoms with Gasteiger partial charge in [0.2, 0.25) is 0 Å². The molecule has 6 nitrogen and oxygen atoms in total. The number of hydrogen-bond acceptors (Lipinski definition) is 4. The molecule has 0 radical (unpaired) electrons. The van der Waals surface area contributed by atoms with E-state index in [-0.39, 0.29) is 12.5 Å². The zero-order chi connectivity index (χ0) is 14.5. The Balaban J connectivity index is 2.22. The first-order chi connectivity index (χ1) is 9.59. The Bertz CT molecular complexity index is 498. The first-order valence-electron chi connectivity index (χ1n) is 6.77. The van der Waals surface area contributed by atoms with Crippen LogP contribution in [0.1, 0.15) is 29.6 Å². The van der Waals surface area contributed by atoms with Gasteiger partial charge in [-0.25, -0.2) is 4.98 Å². The third kappa shape index (κ3) is 3.26. The highest BCUT2D eigenvalue weighted by Gasteiger charge is 2.22. The van der Waals surface area contributed by atoms with Gasteiger partial charge in [0.25, 0.3) is 5.91 Å². The van der Waals surface area contributed by atoms with Gasteiger partial charge in [-0.2, -0.15) is 0 Å². The minimum absolute atomic E-state index is 0.305. The molecule has 0 unspecified atom stereocenters. The zero-order valence-corrected chi connectivity index (χ0v) is 11.6. The molecule has 1 amide bonds. The Kier molecular flexibility index (Phi) is 4.55. The third-order valence-corrected chi connectivity index (χ3v) is 3.39. The van der Waals surface area contributed by atoms with E-state index in [0.717, 1.165) is 25.9 Å². The van der Waals surface area contributed by atoms with Crippen molar-refractivity contribution < 1.29 is 14.7 Å². The molecule has 1 N–H and O–H groups in total. The lowest BCUT2D eigenvalue weighted by Crippen LogP contribution is -2.36. The molecule has 20 heavy (non-hydrogen) atoms. The van der Waals surface area contributed by atoms with Gasteiger partial charge in [-0.05, 0) is 31.4 Å². The number of carbonyl (C=O) groups is 2. The number of hydrogen-bond donors (Lipinski definition) is 1. The summed E-state index contributed by atoms with van der Waals surface area (Å²) in [5, 5.41) is 8.78. The van der Waals surface area contributed by atoms with Crippen molar-refractivity contribution in [3.8, 4) is 0 Å².